The first kappa shape index (κ1) is 16.9. The van der Waals surface area contributed by atoms with Gasteiger partial charge in [-0.3, -0.25) is 0 Å². The van der Waals surface area contributed by atoms with E-state index in [1.54, 1.807) is 6.07 Å². The molecule has 1 aromatic rings. The average molecular weight is 401 g/mol. The third-order valence-electron chi connectivity index (χ3n) is 2.75. The maximum atomic E-state index is 12.2. The third-order valence-corrected chi connectivity index (χ3v) is 2.75. The van der Waals surface area contributed by atoms with Crippen LogP contribution in [0.1, 0.15) is 13.3 Å². The number of rotatable bonds is 3. The molecule has 8 heteroatoms. The Morgan fingerprint density at radius 2 is 2.00 bits per heavy atom. The number of guanidine groups is 1. The Morgan fingerprint density at radius 1 is 1.40 bits per heavy atom. The maximum Gasteiger partial charge on any atom is 0.573 e. The van der Waals surface area contributed by atoms with E-state index in [1.165, 1.54) is 18.2 Å². The number of halogens is 4. The van der Waals surface area contributed by atoms with Gasteiger partial charge in [0.25, 0.3) is 0 Å². The van der Waals surface area contributed by atoms with Crippen molar-refractivity contribution in [2.24, 2.45) is 16.6 Å². The van der Waals surface area contributed by atoms with Crippen LogP contribution in [0.5, 0.6) is 5.75 Å². The number of nitrogens with zero attached hydrogens (tertiary/aromatic N) is 1. The van der Waals surface area contributed by atoms with Crippen molar-refractivity contribution >= 4 is 35.6 Å². The second-order valence-corrected chi connectivity index (χ2v) is 4.46. The summed E-state index contributed by atoms with van der Waals surface area (Å²) >= 11 is 0. The van der Waals surface area contributed by atoms with Gasteiger partial charge in [0.1, 0.15) is 0 Å². The van der Waals surface area contributed by atoms with Crippen LogP contribution in [0.4, 0.5) is 18.9 Å². The zero-order valence-corrected chi connectivity index (χ0v) is 13.0. The third kappa shape index (κ3) is 5.06. The van der Waals surface area contributed by atoms with Crippen LogP contribution in [0.25, 0.3) is 0 Å². The first-order chi connectivity index (χ1) is 8.85. The molecule has 2 rings (SSSR count). The minimum absolute atomic E-state index is 0. The zero-order chi connectivity index (χ0) is 14.0. The number of nitrogens with one attached hydrogen (secondary N) is 1. The molecule has 4 nitrogen and oxygen atoms in total. The topological polar surface area (TPSA) is 59.6 Å². The van der Waals surface area contributed by atoms with Crippen molar-refractivity contribution in [3.63, 3.8) is 0 Å². The predicted octanol–water partition coefficient (Wildman–Crippen LogP) is 3.34. The molecule has 0 bridgehead atoms. The summed E-state index contributed by atoms with van der Waals surface area (Å²) in [7, 11) is 0. The zero-order valence-electron chi connectivity index (χ0n) is 10.6. The molecule has 0 aliphatic heterocycles. The summed E-state index contributed by atoms with van der Waals surface area (Å²) in [6.07, 6.45) is -3.79. The van der Waals surface area contributed by atoms with Gasteiger partial charge in [0, 0.05) is 0 Å². The van der Waals surface area contributed by atoms with E-state index in [1.807, 2.05) is 6.92 Å². The molecule has 0 radical (unpaired) electrons. The second kappa shape index (κ2) is 6.51. The number of hydrogen-bond donors (Lipinski definition) is 2. The number of para-hydroxylation sites is 2. The van der Waals surface area contributed by atoms with Crippen LogP contribution in [0, 0.1) is 5.92 Å². The van der Waals surface area contributed by atoms with Gasteiger partial charge in [-0.15, -0.1) is 37.1 Å². The van der Waals surface area contributed by atoms with Gasteiger partial charge in [0.15, 0.2) is 11.7 Å². The second-order valence-electron chi connectivity index (χ2n) is 4.46. The van der Waals surface area contributed by atoms with Gasteiger partial charge in [0.05, 0.1) is 11.7 Å². The molecule has 1 fully saturated rings. The lowest BCUT2D eigenvalue weighted by Gasteiger charge is -2.14. The largest absolute Gasteiger partial charge is 0.573 e. The van der Waals surface area contributed by atoms with Crippen molar-refractivity contribution < 1.29 is 17.9 Å². The summed E-state index contributed by atoms with van der Waals surface area (Å²) in [5, 5.41) is 2.63. The SMILES string of the molecule is CC1CC1N=C(N)Nc1ccccc1OC(F)(F)F.I. The van der Waals surface area contributed by atoms with Crippen LogP contribution in [-0.4, -0.2) is 18.4 Å². The first-order valence-electron chi connectivity index (χ1n) is 5.80. The molecule has 2 atom stereocenters. The highest BCUT2D eigenvalue weighted by molar-refractivity contribution is 14.0. The van der Waals surface area contributed by atoms with Gasteiger partial charge < -0.3 is 15.8 Å². The van der Waals surface area contributed by atoms with Crippen LogP contribution in [0.3, 0.4) is 0 Å². The van der Waals surface area contributed by atoms with Crippen LogP contribution in [0.15, 0.2) is 29.3 Å². The van der Waals surface area contributed by atoms with E-state index in [0.29, 0.717) is 5.92 Å². The summed E-state index contributed by atoms with van der Waals surface area (Å²) in [6.45, 7) is 2.03. The Labute approximate surface area is 131 Å². The minimum Gasteiger partial charge on any atom is -0.404 e. The fourth-order valence-corrected chi connectivity index (χ4v) is 1.61. The predicted molar refractivity (Wildman–Crippen MR) is 81.4 cm³/mol. The summed E-state index contributed by atoms with van der Waals surface area (Å²) in [6, 6.07) is 5.84. The van der Waals surface area contributed by atoms with Crippen molar-refractivity contribution in [1.82, 2.24) is 0 Å². The van der Waals surface area contributed by atoms with Crippen molar-refractivity contribution in [1.29, 1.82) is 0 Å². The van der Waals surface area contributed by atoms with Gasteiger partial charge in [0.2, 0.25) is 0 Å². The van der Waals surface area contributed by atoms with Gasteiger partial charge in [-0.1, -0.05) is 19.1 Å². The number of anilines is 1. The highest BCUT2D eigenvalue weighted by atomic mass is 127. The van der Waals surface area contributed by atoms with Crippen molar-refractivity contribution in [2.45, 2.75) is 25.7 Å². The van der Waals surface area contributed by atoms with Crippen LogP contribution in [0.2, 0.25) is 0 Å². The monoisotopic (exact) mass is 401 g/mol. The summed E-state index contributed by atoms with van der Waals surface area (Å²) in [5.41, 5.74) is 5.78. The van der Waals surface area contributed by atoms with Crippen LogP contribution < -0.4 is 15.8 Å². The normalized spacial score (nSPS) is 21.9. The smallest absolute Gasteiger partial charge is 0.404 e. The molecule has 1 aromatic carbocycles. The lowest BCUT2D eigenvalue weighted by molar-refractivity contribution is -0.274. The first-order valence-corrected chi connectivity index (χ1v) is 5.80. The van der Waals surface area contributed by atoms with Crippen LogP contribution >= 0.6 is 24.0 Å². The summed E-state index contributed by atoms with van der Waals surface area (Å²) in [4.78, 5) is 4.15. The minimum atomic E-state index is -4.74. The Balaban J connectivity index is 0.00000200. The highest BCUT2D eigenvalue weighted by Gasteiger charge is 2.33. The van der Waals surface area contributed by atoms with Gasteiger partial charge in [-0.05, 0) is 24.5 Å². The standard InChI is InChI=1S/C12H14F3N3O.HI/c1-7-6-9(7)18-11(16)17-8-4-2-3-5-10(8)19-12(13,14)15;/h2-5,7,9H,6H2,1H3,(H3,16,17,18);1H. The fraction of sp³-hybridized carbons (Fsp3) is 0.417. The van der Waals surface area contributed by atoms with E-state index in [0.717, 1.165) is 6.42 Å². The number of nitrogens with two attached hydrogens (primary N) is 1. The molecule has 0 spiro atoms. The number of aliphatic imine (C=N–C) groups is 1. The van der Waals surface area contributed by atoms with E-state index < -0.39 is 6.36 Å². The van der Waals surface area contributed by atoms with E-state index in [9.17, 15) is 13.2 Å². The Kier molecular flexibility index (Phi) is 5.49. The molecule has 0 amide bonds. The molecule has 0 heterocycles. The Morgan fingerprint density at radius 3 is 2.55 bits per heavy atom. The fourth-order valence-electron chi connectivity index (χ4n) is 1.61. The lowest BCUT2D eigenvalue weighted by Crippen LogP contribution is -2.25. The molecular formula is C12H15F3IN3O. The number of benzene rings is 1. The Hall–Kier alpha value is -1.19. The van der Waals surface area contributed by atoms with E-state index in [-0.39, 0.29) is 47.4 Å². The van der Waals surface area contributed by atoms with Crippen molar-refractivity contribution in [3.05, 3.63) is 24.3 Å². The highest BCUT2D eigenvalue weighted by Crippen LogP contribution is 2.33. The maximum absolute atomic E-state index is 12.2. The number of ether oxygens (including phenoxy) is 1. The average Bonchev–Trinajstić information content (AvgIpc) is 2.95. The van der Waals surface area contributed by atoms with E-state index >= 15 is 0 Å². The van der Waals surface area contributed by atoms with E-state index in [2.05, 4.69) is 15.0 Å². The van der Waals surface area contributed by atoms with Crippen molar-refractivity contribution in [2.75, 3.05) is 5.32 Å². The number of hydrogen-bond acceptors (Lipinski definition) is 2. The van der Waals surface area contributed by atoms with Gasteiger partial charge in [-0.25, -0.2) is 4.99 Å². The molecule has 3 N–H and O–H groups in total. The molecule has 2 unspecified atom stereocenters. The quantitative estimate of drug-likeness (QED) is 0.464. The molecular weight excluding hydrogens is 386 g/mol. The molecule has 1 saturated carbocycles. The molecule has 1 aliphatic rings. The Bertz CT molecular complexity index is 493. The summed E-state index contributed by atoms with van der Waals surface area (Å²) in [5.74, 6) is 0.228. The van der Waals surface area contributed by atoms with Gasteiger partial charge >= 0.3 is 6.36 Å². The summed E-state index contributed by atoms with van der Waals surface area (Å²) < 4.78 is 40.6. The molecule has 20 heavy (non-hydrogen) atoms. The van der Waals surface area contributed by atoms with Gasteiger partial charge in [-0.2, -0.15) is 0 Å². The van der Waals surface area contributed by atoms with Crippen LogP contribution in [-0.2, 0) is 0 Å². The molecule has 112 valence electrons. The number of alkyl halides is 3. The molecule has 0 aromatic heterocycles. The molecule has 0 saturated heterocycles. The van der Waals surface area contributed by atoms with Crippen molar-refractivity contribution in [3.8, 4) is 5.75 Å². The molecule has 1 aliphatic carbocycles. The lowest BCUT2D eigenvalue weighted by atomic mass is 10.3. The van der Waals surface area contributed by atoms with E-state index in [4.69, 9.17) is 5.73 Å².